The lowest BCUT2D eigenvalue weighted by molar-refractivity contribution is 0.337. The standard InChI is InChI=1S/C16H19ClFN5O/c1-10-9-22(2)6-3-7-23(10)15-13(17)16(24)21-14(20-15)11-4-5-19-12(18)8-11/h4-5,8,10H,3,6-7,9H2,1-2H3,(H,20,21,24). The molecule has 6 nitrogen and oxygen atoms in total. The maximum Gasteiger partial charge on any atom is 0.272 e. The minimum Gasteiger partial charge on any atom is -0.351 e. The molecule has 1 aliphatic rings. The molecule has 0 saturated carbocycles. The number of aromatic amines is 1. The molecule has 0 spiro atoms. The monoisotopic (exact) mass is 351 g/mol. The van der Waals surface area contributed by atoms with Gasteiger partial charge in [0, 0.05) is 37.0 Å². The molecule has 1 fully saturated rings. The summed E-state index contributed by atoms with van der Waals surface area (Å²) >= 11 is 6.22. The Balaban J connectivity index is 2.06. The van der Waals surface area contributed by atoms with Crippen LogP contribution in [0.25, 0.3) is 11.4 Å². The highest BCUT2D eigenvalue weighted by atomic mass is 35.5. The summed E-state index contributed by atoms with van der Waals surface area (Å²) < 4.78 is 13.4. The van der Waals surface area contributed by atoms with Crippen LogP contribution in [0.5, 0.6) is 0 Å². The van der Waals surface area contributed by atoms with Crippen molar-refractivity contribution in [3.8, 4) is 11.4 Å². The number of anilines is 1. The summed E-state index contributed by atoms with van der Waals surface area (Å²) in [5.41, 5.74) is 0.0239. The Morgan fingerprint density at radius 1 is 1.42 bits per heavy atom. The number of nitrogens with zero attached hydrogens (tertiary/aromatic N) is 4. The van der Waals surface area contributed by atoms with E-state index in [0.29, 0.717) is 11.4 Å². The molecule has 3 rings (SSSR count). The summed E-state index contributed by atoms with van der Waals surface area (Å²) in [5.74, 6) is 0.0948. The molecule has 0 aromatic carbocycles. The Morgan fingerprint density at radius 2 is 2.21 bits per heavy atom. The number of hydrogen-bond acceptors (Lipinski definition) is 5. The van der Waals surface area contributed by atoms with Gasteiger partial charge in [-0.05, 0) is 33.0 Å². The first-order chi connectivity index (χ1) is 11.5. The topological polar surface area (TPSA) is 65.1 Å². The number of hydrogen-bond donors (Lipinski definition) is 1. The Bertz CT molecular complexity index is 796. The fourth-order valence-electron chi connectivity index (χ4n) is 3.01. The van der Waals surface area contributed by atoms with Gasteiger partial charge in [0.25, 0.3) is 5.56 Å². The predicted octanol–water partition coefficient (Wildman–Crippen LogP) is 2.15. The minimum absolute atomic E-state index is 0.0599. The highest BCUT2D eigenvalue weighted by Gasteiger charge is 2.24. The second-order valence-corrected chi connectivity index (χ2v) is 6.46. The van der Waals surface area contributed by atoms with E-state index in [2.05, 4.69) is 33.8 Å². The van der Waals surface area contributed by atoms with Crippen LogP contribution in [0.15, 0.2) is 23.1 Å². The Morgan fingerprint density at radius 3 is 2.96 bits per heavy atom. The molecular formula is C16H19ClFN5O. The molecule has 0 bridgehead atoms. The summed E-state index contributed by atoms with van der Waals surface area (Å²) in [6.45, 7) is 4.66. The number of rotatable bonds is 2. The van der Waals surface area contributed by atoms with Crippen molar-refractivity contribution >= 4 is 17.4 Å². The lowest BCUT2D eigenvalue weighted by Crippen LogP contribution is -2.39. The normalized spacial score (nSPS) is 19.3. The number of halogens is 2. The number of nitrogens with one attached hydrogen (secondary N) is 1. The van der Waals surface area contributed by atoms with E-state index in [-0.39, 0.29) is 16.9 Å². The van der Waals surface area contributed by atoms with Crippen molar-refractivity contribution in [2.24, 2.45) is 0 Å². The molecule has 8 heteroatoms. The number of H-pyrrole nitrogens is 1. The maximum atomic E-state index is 13.4. The molecule has 3 heterocycles. The van der Waals surface area contributed by atoms with E-state index in [1.165, 1.54) is 12.3 Å². The van der Waals surface area contributed by atoms with Gasteiger partial charge in [-0.1, -0.05) is 11.6 Å². The largest absolute Gasteiger partial charge is 0.351 e. The second-order valence-electron chi connectivity index (χ2n) is 6.08. The molecular weight excluding hydrogens is 333 g/mol. The van der Waals surface area contributed by atoms with Gasteiger partial charge in [-0.2, -0.15) is 4.39 Å². The lowest BCUT2D eigenvalue weighted by Gasteiger charge is -2.29. The SMILES string of the molecule is CC1CN(C)CCCN1c1nc(-c2ccnc(F)c2)[nH]c(=O)c1Cl. The van der Waals surface area contributed by atoms with Crippen LogP contribution in [0.4, 0.5) is 10.2 Å². The summed E-state index contributed by atoms with van der Waals surface area (Å²) in [7, 11) is 2.07. The molecule has 1 unspecified atom stereocenters. The van der Waals surface area contributed by atoms with Crippen LogP contribution >= 0.6 is 11.6 Å². The van der Waals surface area contributed by atoms with Crippen LogP contribution < -0.4 is 10.5 Å². The third kappa shape index (κ3) is 3.42. The van der Waals surface area contributed by atoms with E-state index >= 15 is 0 Å². The molecule has 0 amide bonds. The Labute approximate surface area is 144 Å². The van der Waals surface area contributed by atoms with Gasteiger partial charge in [-0.15, -0.1) is 0 Å². The number of aromatic nitrogens is 3. The van der Waals surface area contributed by atoms with Gasteiger partial charge in [-0.25, -0.2) is 9.97 Å². The van der Waals surface area contributed by atoms with Crippen molar-refractivity contribution < 1.29 is 4.39 Å². The first-order valence-corrected chi connectivity index (χ1v) is 8.20. The average molecular weight is 352 g/mol. The van der Waals surface area contributed by atoms with Crippen LogP contribution in [-0.2, 0) is 0 Å². The van der Waals surface area contributed by atoms with Crippen LogP contribution in [0, 0.1) is 5.95 Å². The smallest absolute Gasteiger partial charge is 0.272 e. The summed E-state index contributed by atoms with van der Waals surface area (Å²) in [5, 5.41) is 0.0599. The molecule has 2 aromatic rings. The fraction of sp³-hybridized carbons (Fsp3) is 0.438. The minimum atomic E-state index is -0.628. The van der Waals surface area contributed by atoms with E-state index in [1.807, 2.05) is 4.90 Å². The molecule has 0 radical (unpaired) electrons. The van der Waals surface area contributed by atoms with Crippen molar-refractivity contribution in [3.05, 3.63) is 39.7 Å². The van der Waals surface area contributed by atoms with E-state index < -0.39 is 11.5 Å². The maximum absolute atomic E-state index is 13.4. The molecule has 2 aromatic heterocycles. The van der Waals surface area contributed by atoms with Gasteiger partial charge in [0.2, 0.25) is 5.95 Å². The molecule has 1 N–H and O–H groups in total. The molecule has 24 heavy (non-hydrogen) atoms. The van der Waals surface area contributed by atoms with E-state index in [9.17, 15) is 9.18 Å². The summed E-state index contributed by atoms with van der Waals surface area (Å²) in [6.07, 6.45) is 2.29. The zero-order chi connectivity index (χ0) is 17.3. The van der Waals surface area contributed by atoms with E-state index in [4.69, 9.17) is 11.6 Å². The van der Waals surface area contributed by atoms with Gasteiger partial charge in [0.15, 0.2) is 5.82 Å². The summed E-state index contributed by atoms with van der Waals surface area (Å²) in [6, 6.07) is 2.99. The quantitative estimate of drug-likeness (QED) is 0.840. The van der Waals surface area contributed by atoms with Crippen molar-refractivity contribution in [1.82, 2.24) is 19.9 Å². The van der Waals surface area contributed by atoms with Gasteiger partial charge in [0.1, 0.15) is 10.8 Å². The molecule has 1 aliphatic heterocycles. The van der Waals surface area contributed by atoms with Crippen molar-refractivity contribution in [2.75, 3.05) is 31.6 Å². The zero-order valence-electron chi connectivity index (χ0n) is 13.6. The third-order valence-electron chi connectivity index (χ3n) is 4.16. The van der Waals surface area contributed by atoms with Gasteiger partial charge >= 0.3 is 0 Å². The van der Waals surface area contributed by atoms with Crippen LogP contribution in [0.1, 0.15) is 13.3 Å². The van der Waals surface area contributed by atoms with Crippen molar-refractivity contribution in [3.63, 3.8) is 0 Å². The molecule has 1 atom stereocenters. The van der Waals surface area contributed by atoms with E-state index in [1.54, 1.807) is 6.07 Å². The molecule has 1 saturated heterocycles. The van der Waals surface area contributed by atoms with E-state index in [0.717, 1.165) is 26.1 Å². The Kier molecular flexibility index (Phi) is 4.82. The highest BCUT2D eigenvalue weighted by molar-refractivity contribution is 6.32. The third-order valence-corrected chi connectivity index (χ3v) is 4.50. The summed E-state index contributed by atoms with van der Waals surface area (Å²) in [4.78, 5) is 27.2. The molecule has 128 valence electrons. The predicted molar refractivity (Wildman–Crippen MR) is 92.0 cm³/mol. The zero-order valence-corrected chi connectivity index (χ0v) is 14.3. The highest BCUT2D eigenvalue weighted by Crippen LogP contribution is 2.26. The van der Waals surface area contributed by atoms with Crippen LogP contribution in [-0.4, -0.2) is 52.6 Å². The van der Waals surface area contributed by atoms with Gasteiger partial charge in [-0.3, -0.25) is 4.79 Å². The first-order valence-electron chi connectivity index (χ1n) is 7.82. The van der Waals surface area contributed by atoms with Gasteiger partial charge < -0.3 is 14.8 Å². The Hall–Kier alpha value is -1.99. The fourth-order valence-corrected chi connectivity index (χ4v) is 3.21. The second kappa shape index (κ2) is 6.86. The van der Waals surface area contributed by atoms with Crippen molar-refractivity contribution in [1.29, 1.82) is 0 Å². The first kappa shape index (κ1) is 16.9. The molecule has 0 aliphatic carbocycles. The van der Waals surface area contributed by atoms with Gasteiger partial charge in [0.05, 0.1) is 0 Å². The lowest BCUT2D eigenvalue weighted by atomic mass is 10.2. The number of pyridine rings is 1. The van der Waals surface area contributed by atoms with Crippen molar-refractivity contribution in [2.45, 2.75) is 19.4 Å². The van der Waals surface area contributed by atoms with Crippen LogP contribution in [0.2, 0.25) is 5.02 Å². The number of likely N-dealkylation sites (N-methyl/N-ethyl adjacent to an activating group) is 1. The van der Waals surface area contributed by atoms with Crippen LogP contribution in [0.3, 0.4) is 0 Å². The average Bonchev–Trinajstić information content (AvgIpc) is 2.70.